The van der Waals surface area contributed by atoms with Crippen LogP contribution in [0.4, 0.5) is 0 Å². The highest BCUT2D eigenvalue weighted by molar-refractivity contribution is 9.12. The van der Waals surface area contributed by atoms with E-state index in [-0.39, 0.29) is 10.8 Å². The van der Waals surface area contributed by atoms with Gasteiger partial charge in [0.15, 0.2) is 0 Å². The molecule has 0 fully saturated rings. The molecule has 88 valence electrons. The first-order valence-corrected chi connectivity index (χ1v) is 6.72. The first-order valence-electron chi connectivity index (χ1n) is 4.68. The largest absolute Gasteiger partial charge is 0.497 e. The van der Waals surface area contributed by atoms with Gasteiger partial charge >= 0.3 is 5.97 Å². The zero-order valence-corrected chi connectivity index (χ0v) is 12.0. The number of carbonyl (C=O) groups is 1. The summed E-state index contributed by atoms with van der Waals surface area (Å²) in [5.41, 5.74) is 0.523. The third-order valence-electron chi connectivity index (χ3n) is 1.89. The topological polar surface area (TPSA) is 35.5 Å². The summed E-state index contributed by atoms with van der Waals surface area (Å²) in [6, 6.07) is 6.82. The Hall–Kier alpha value is -0.550. The van der Waals surface area contributed by atoms with Crippen molar-refractivity contribution < 1.29 is 14.3 Å². The van der Waals surface area contributed by atoms with E-state index in [1.807, 2.05) is 0 Å². The number of alkyl halides is 2. The van der Waals surface area contributed by atoms with Crippen LogP contribution in [0.3, 0.4) is 0 Å². The standard InChI is InChI=1S/C11H12Br2O3/c1-15-10-4-2-8(3-5-10)11(14)16-7-9(13)6-12/h2-5,9H,6-7H2,1H3/t9-/m0/s1. The van der Waals surface area contributed by atoms with Crippen LogP contribution < -0.4 is 4.74 Å². The Morgan fingerprint density at radius 3 is 2.50 bits per heavy atom. The molecular formula is C11H12Br2O3. The molecule has 0 amide bonds. The van der Waals surface area contributed by atoms with Crippen molar-refractivity contribution in [2.24, 2.45) is 0 Å². The van der Waals surface area contributed by atoms with Gasteiger partial charge < -0.3 is 9.47 Å². The smallest absolute Gasteiger partial charge is 0.338 e. The van der Waals surface area contributed by atoms with Gasteiger partial charge in [-0.1, -0.05) is 31.9 Å². The summed E-state index contributed by atoms with van der Waals surface area (Å²) in [5, 5.41) is 0.739. The molecule has 0 aliphatic heterocycles. The quantitative estimate of drug-likeness (QED) is 0.604. The highest BCUT2D eigenvalue weighted by atomic mass is 79.9. The summed E-state index contributed by atoms with van der Waals surface area (Å²) in [5.74, 6) is 0.392. The van der Waals surface area contributed by atoms with E-state index in [4.69, 9.17) is 9.47 Å². The number of hydrogen-bond acceptors (Lipinski definition) is 3. The van der Waals surface area contributed by atoms with Crippen molar-refractivity contribution in [1.29, 1.82) is 0 Å². The Labute approximate surface area is 111 Å². The van der Waals surface area contributed by atoms with Crippen LogP contribution in [0.5, 0.6) is 5.75 Å². The molecular weight excluding hydrogens is 340 g/mol. The van der Waals surface area contributed by atoms with Crippen LogP contribution in [0.25, 0.3) is 0 Å². The van der Waals surface area contributed by atoms with Crippen LogP contribution in [0.2, 0.25) is 0 Å². The first-order chi connectivity index (χ1) is 7.67. The fraction of sp³-hybridized carbons (Fsp3) is 0.364. The average molecular weight is 352 g/mol. The number of methoxy groups -OCH3 is 1. The first kappa shape index (κ1) is 13.5. The number of benzene rings is 1. The minimum Gasteiger partial charge on any atom is -0.497 e. The van der Waals surface area contributed by atoms with Crippen molar-refractivity contribution in [1.82, 2.24) is 0 Å². The molecule has 0 N–H and O–H groups in total. The average Bonchev–Trinajstić information content (AvgIpc) is 2.35. The Bertz CT molecular complexity index is 338. The van der Waals surface area contributed by atoms with Crippen molar-refractivity contribution >= 4 is 37.8 Å². The SMILES string of the molecule is COc1ccc(C(=O)OC[C@@H](Br)CBr)cc1. The number of rotatable bonds is 5. The maximum absolute atomic E-state index is 11.6. The van der Waals surface area contributed by atoms with Gasteiger partial charge in [0.2, 0.25) is 0 Å². The van der Waals surface area contributed by atoms with Crippen molar-refractivity contribution in [3.8, 4) is 5.75 Å². The minimum absolute atomic E-state index is 0.134. The lowest BCUT2D eigenvalue weighted by Crippen LogP contribution is -2.14. The van der Waals surface area contributed by atoms with E-state index in [0.717, 1.165) is 11.1 Å². The summed E-state index contributed by atoms with van der Waals surface area (Å²) in [6.07, 6.45) is 0. The number of ether oxygens (including phenoxy) is 2. The lowest BCUT2D eigenvalue weighted by atomic mass is 10.2. The van der Waals surface area contributed by atoms with Gasteiger partial charge in [-0.3, -0.25) is 0 Å². The van der Waals surface area contributed by atoms with Gasteiger partial charge in [0.1, 0.15) is 12.4 Å². The molecule has 0 heterocycles. The Balaban J connectivity index is 2.52. The predicted molar refractivity (Wildman–Crippen MR) is 69.8 cm³/mol. The maximum Gasteiger partial charge on any atom is 0.338 e. The van der Waals surface area contributed by atoms with Gasteiger partial charge in [0, 0.05) is 5.33 Å². The third kappa shape index (κ3) is 4.14. The molecule has 1 atom stereocenters. The molecule has 0 saturated heterocycles. The third-order valence-corrected chi connectivity index (χ3v) is 4.13. The van der Waals surface area contributed by atoms with Crippen molar-refractivity contribution in [2.45, 2.75) is 4.83 Å². The molecule has 0 unspecified atom stereocenters. The number of halogens is 2. The minimum atomic E-state index is -0.326. The molecule has 1 rings (SSSR count). The zero-order chi connectivity index (χ0) is 12.0. The van der Waals surface area contributed by atoms with E-state index in [2.05, 4.69) is 31.9 Å². The van der Waals surface area contributed by atoms with Gasteiger partial charge in [-0.2, -0.15) is 0 Å². The molecule has 0 spiro atoms. The molecule has 1 aromatic carbocycles. The summed E-state index contributed by atoms with van der Waals surface area (Å²) < 4.78 is 10.1. The second-order valence-corrected chi connectivity index (χ2v) is 5.02. The van der Waals surface area contributed by atoms with E-state index in [0.29, 0.717) is 12.2 Å². The van der Waals surface area contributed by atoms with Crippen LogP contribution in [0.1, 0.15) is 10.4 Å². The number of esters is 1. The summed E-state index contributed by atoms with van der Waals surface area (Å²) >= 11 is 6.64. The normalized spacial score (nSPS) is 11.9. The van der Waals surface area contributed by atoms with Crippen LogP contribution in [0.15, 0.2) is 24.3 Å². The van der Waals surface area contributed by atoms with Crippen molar-refractivity contribution in [2.75, 3.05) is 19.0 Å². The Morgan fingerprint density at radius 2 is 2.00 bits per heavy atom. The van der Waals surface area contributed by atoms with E-state index < -0.39 is 0 Å². The summed E-state index contributed by atoms with van der Waals surface area (Å²) in [4.78, 5) is 11.7. The monoisotopic (exact) mass is 350 g/mol. The molecule has 16 heavy (non-hydrogen) atoms. The summed E-state index contributed by atoms with van der Waals surface area (Å²) in [6.45, 7) is 0.343. The zero-order valence-electron chi connectivity index (χ0n) is 8.78. The fourth-order valence-electron chi connectivity index (χ4n) is 1.02. The van der Waals surface area contributed by atoms with E-state index >= 15 is 0 Å². The molecule has 3 nitrogen and oxygen atoms in total. The van der Waals surface area contributed by atoms with Gasteiger partial charge in [-0.05, 0) is 24.3 Å². The second kappa shape index (κ2) is 6.91. The van der Waals surface area contributed by atoms with Gasteiger partial charge in [-0.15, -0.1) is 0 Å². The van der Waals surface area contributed by atoms with Gasteiger partial charge in [0.25, 0.3) is 0 Å². The molecule has 0 aromatic heterocycles. The highest BCUT2D eigenvalue weighted by Crippen LogP contribution is 2.13. The molecule has 0 radical (unpaired) electrons. The van der Waals surface area contributed by atoms with E-state index in [1.165, 1.54) is 0 Å². The van der Waals surface area contributed by atoms with E-state index in [9.17, 15) is 4.79 Å². The predicted octanol–water partition coefficient (Wildman–Crippen LogP) is 3.01. The Kier molecular flexibility index (Phi) is 5.84. The summed E-state index contributed by atoms with van der Waals surface area (Å²) in [7, 11) is 1.58. The van der Waals surface area contributed by atoms with Crippen LogP contribution in [0, 0.1) is 0 Å². The molecule has 0 aliphatic rings. The second-order valence-electron chi connectivity index (χ2n) is 3.08. The van der Waals surface area contributed by atoms with Gasteiger partial charge in [0.05, 0.1) is 17.5 Å². The van der Waals surface area contributed by atoms with Gasteiger partial charge in [-0.25, -0.2) is 4.79 Å². The van der Waals surface area contributed by atoms with Crippen molar-refractivity contribution in [3.05, 3.63) is 29.8 Å². The lowest BCUT2D eigenvalue weighted by molar-refractivity contribution is 0.0513. The van der Waals surface area contributed by atoms with E-state index in [1.54, 1.807) is 31.4 Å². The van der Waals surface area contributed by atoms with Crippen molar-refractivity contribution in [3.63, 3.8) is 0 Å². The number of hydrogen-bond donors (Lipinski definition) is 0. The van der Waals surface area contributed by atoms with Crippen LogP contribution in [-0.4, -0.2) is 29.8 Å². The highest BCUT2D eigenvalue weighted by Gasteiger charge is 2.09. The van der Waals surface area contributed by atoms with Crippen LogP contribution in [-0.2, 0) is 4.74 Å². The molecule has 0 bridgehead atoms. The molecule has 0 aliphatic carbocycles. The number of carbonyl (C=O) groups excluding carboxylic acids is 1. The lowest BCUT2D eigenvalue weighted by Gasteiger charge is -2.08. The molecule has 0 saturated carbocycles. The fourth-order valence-corrected chi connectivity index (χ4v) is 1.34. The maximum atomic E-state index is 11.6. The van der Waals surface area contributed by atoms with Crippen LogP contribution >= 0.6 is 31.9 Å². The molecule has 5 heteroatoms. The Morgan fingerprint density at radius 1 is 1.38 bits per heavy atom. The molecule has 1 aromatic rings.